The highest BCUT2D eigenvalue weighted by Gasteiger charge is 2.30. The number of hydrogen-bond donors (Lipinski definition) is 0. The smallest absolute Gasteiger partial charge is 0.410 e. The van der Waals surface area contributed by atoms with Crippen molar-refractivity contribution in [3.63, 3.8) is 0 Å². The second-order valence-electron chi connectivity index (χ2n) is 8.90. The molecule has 168 valence electrons. The molecule has 1 fully saturated rings. The molecule has 1 aromatic carbocycles. The molecular formula is C25H39NO4. The van der Waals surface area contributed by atoms with Gasteiger partial charge in [-0.2, -0.15) is 0 Å². The Labute approximate surface area is 182 Å². The third-order valence-corrected chi connectivity index (χ3v) is 5.53. The van der Waals surface area contributed by atoms with Crippen LogP contribution in [-0.2, 0) is 20.7 Å². The van der Waals surface area contributed by atoms with Gasteiger partial charge in [0.2, 0.25) is 0 Å². The van der Waals surface area contributed by atoms with Gasteiger partial charge in [0.05, 0.1) is 19.6 Å². The molecule has 2 rings (SSSR count). The fourth-order valence-electron chi connectivity index (χ4n) is 4.02. The molecule has 0 N–H and O–H groups in total. The molecule has 1 aliphatic rings. The number of esters is 1. The molecule has 0 aliphatic heterocycles. The van der Waals surface area contributed by atoms with Crippen LogP contribution in [0, 0.1) is 11.8 Å². The molecule has 1 atom stereocenters. The summed E-state index contributed by atoms with van der Waals surface area (Å²) in [5.74, 6) is 0.119. The van der Waals surface area contributed by atoms with Crippen LogP contribution < -0.4 is 0 Å². The topological polar surface area (TPSA) is 55.8 Å². The molecule has 0 saturated heterocycles. The maximum Gasteiger partial charge on any atom is 0.410 e. The van der Waals surface area contributed by atoms with Crippen LogP contribution >= 0.6 is 0 Å². The number of carbonyl (C=O) groups is 2. The van der Waals surface area contributed by atoms with Gasteiger partial charge < -0.3 is 14.4 Å². The molecule has 0 aromatic heterocycles. The Morgan fingerprint density at radius 3 is 2.40 bits per heavy atom. The number of nitrogens with zero attached hydrogens (tertiary/aromatic N) is 1. The standard InChI is InChI=1S/C25H39NO4/c1-4-15-29-24(27)17-22(16-21-11-7-5-8-12-21)18-26(23-13-9-6-10-14-23)25(28)30-19-20(2)3/h5,7-8,11-12,20,22-23H,4,6,9-10,13-19H2,1-3H3. The summed E-state index contributed by atoms with van der Waals surface area (Å²) in [5.41, 5.74) is 1.17. The van der Waals surface area contributed by atoms with Gasteiger partial charge in [0.1, 0.15) is 0 Å². The Bertz CT molecular complexity index is 625. The van der Waals surface area contributed by atoms with Crippen molar-refractivity contribution in [1.29, 1.82) is 0 Å². The van der Waals surface area contributed by atoms with Crippen LogP contribution in [0.15, 0.2) is 30.3 Å². The first-order valence-electron chi connectivity index (χ1n) is 11.6. The molecule has 30 heavy (non-hydrogen) atoms. The van der Waals surface area contributed by atoms with Gasteiger partial charge in [-0.25, -0.2) is 4.79 Å². The van der Waals surface area contributed by atoms with Crippen LogP contribution in [0.25, 0.3) is 0 Å². The molecule has 1 amide bonds. The minimum Gasteiger partial charge on any atom is -0.466 e. The summed E-state index contributed by atoms with van der Waals surface area (Å²) < 4.78 is 11.0. The lowest BCUT2D eigenvalue weighted by Crippen LogP contribution is -2.45. The summed E-state index contributed by atoms with van der Waals surface area (Å²) in [5, 5.41) is 0. The second-order valence-corrected chi connectivity index (χ2v) is 8.90. The molecule has 1 unspecified atom stereocenters. The van der Waals surface area contributed by atoms with Gasteiger partial charge in [0.15, 0.2) is 0 Å². The van der Waals surface area contributed by atoms with Crippen molar-refractivity contribution < 1.29 is 19.1 Å². The van der Waals surface area contributed by atoms with E-state index in [1.165, 1.54) is 12.0 Å². The predicted octanol–water partition coefficient (Wildman–Crippen LogP) is 5.62. The SMILES string of the molecule is CCCOC(=O)CC(Cc1ccccc1)CN(C(=O)OCC(C)C)C1CCCCC1. The van der Waals surface area contributed by atoms with Gasteiger partial charge >= 0.3 is 12.1 Å². The number of hydrogen-bond acceptors (Lipinski definition) is 4. The molecule has 0 bridgehead atoms. The number of rotatable bonds is 11. The van der Waals surface area contributed by atoms with E-state index < -0.39 is 0 Å². The van der Waals surface area contributed by atoms with E-state index in [1.807, 2.05) is 43.9 Å². The van der Waals surface area contributed by atoms with Gasteiger partial charge in [0.25, 0.3) is 0 Å². The Kier molecular flexibility index (Phi) is 10.7. The van der Waals surface area contributed by atoms with Gasteiger partial charge in [0, 0.05) is 12.6 Å². The lowest BCUT2D eigenvalue weighted by Gasteiger charge is -2.36. The van der Waals surface area contributed by atoms with Gasteiger partial charge in [-0.3, -0.25) is 4.79 Å². The molecule has 5 heteroatoms. The summed E-state index contributed by atoms with van der Waals surface area (Å²) in [6.45, 7) is 7.46. The zero-order chi connectivity index (χ0) is 21.8. The Hall–Kier alpha value is -2.04. The largest absolute Gasteiger partial charge is 0.466 e. The third-order valence-electron chi connectivity index (χ3n) is 5.53. The minimum absolute atomic E-state index is 0.00489. The van der Waals surface area contributed by atoms with Crippen LogP contribution in [0.1, 0.15) is 71.3 Å². The van der Waals surface area contributed by atoms with E-state index in [2.05, 4.69) is 12.1 Å². The van der Waals surface area contributed by atoms with E-state index in [0.717, 1.165) is 38.5 Å². The van der Waals surface area contributed by atoms with E-state index in [1.54, 1.807) is 0 Å². The first-order valence-corrected chi connectivity index (χ1v) is 11.6. The molecule has 5 nitrogen and oxygen atoms in total. The van der Waals surface area contributed by atoms with Crippen molar-refractivity contribution in [2.45, 2.75) is 78.2 Å². The first-order chi connectivity index (χ1) is 14.5. The number of ether oxygens (including phenoxy) is 2. The highest BCUT2D eigenvalue weighted by atomic mass is 16.6. The normalized spacial score (nSPS) is 15.6. The van der Waals surface area contributed by atoms with Gasteiger partial charge in [-0.1, -0.05) is 70.4 Å². The van der Waals surface area contributed by atoms with Crippen molar-refractivity contribution >= 4 is 12.1 Å². The number of amides is 1. The van der Waals surface area contributed by atoms with Crippen molar-refractivity contribution in [3.05, 3.63) is 35.9 Å². The fraction of sp³-hybridized carbons (Fsp3) is 0.680. The van der Waals surface area contributed by atoms with E-state index >= 15 is 0 Å². The first kappa shape index (κ1) is 24.2. The molecule has 0 heterocycles. The van der Waals surface area contributed by atoms with E-state index in [-0.39, 0.29) is 24.0 Å². The molecule has 1 aliphatic carbocycles. The molecular weight excluding hydrogens is 378 g/mol. The van der Waals surface area contributed by atoms with Gasteiger partial charge in [-0.05, 0) is 43.1 Å². The summed E-state index contributed by atoms with van der Waals surface area (Å²) in [6.07, 6.45) is 7.15. The van der Waals surface area contributed by atoms with Crippen LogP contribution in [0.3, 0.4) is 0 Å². The zero-order valence-corrected chi connectivity index (χ0v) is 19.0. The Balaban J connectivity index is 2.13. The highest BCUT2D eigenvalue weighted by Crippen LogP contribution is 2.26. The van der Waals surface area contributed by atoms with Crippen LogP contribution in [0.2, 0.25) is 0 Å². The van der Waals surface area contributed by atoms with Crippen molar-refractivity contribution in [2.24, 2.45) is 11.8 Å². The predicted molar refractivity (Wildman–Crippen MR) is 119 cm³/mol. The maximum absolute atomic E-state index is 13.0. The summed E-state index contributed by atoms with van der Waals surface area (Å²) in [6, 6.07) is 10.4. The zero-order valence-electron chi connectivity index (χ0n) is 19.0. The quantitative estimate of drug-likeness (QED) is 0.439. The average Bonchev–Trinajstić information content (AvgIpc) is 2.75. The van der Waals surface area contributed by atoms with E-state index in [4.69, 9.17) is 9.47 Å². The Morgan fingerprint density at radius 2 is 1.77 bits per heavy atom. The summed E-state index contributed by atoms with van der Waals surface area (Å²) in [7, 11) is 0. The van der Waals surface area contributed by atoms with Crippen LogP contribution in [-0.4, -0.2) is 42.8 Å². The minimum atomic E-state index is -0.240. The van der Waals surface area contributed by atoms with E-state index in [9.17, 15) is 9.59 Å². The molecule has 1 aromatic rings. The molecule has 0 spiro atoms. The summed E-state index contributed by atoms with van der Waals surface area (Å²) >= 11 is 0. The maximum atomic E-state index is 13.0. The van der Waals surface area contributed by atoms with Crippen LogP contribution in [0.5, 0.6) is 0 Å². The molecule has 0 radical (unpaired) electrons. The van der Waals surface area contributed by atoms with Gasteiger partial charge in [-0.15, -0.1) is 0 Å². The lowest BCUT2D eigenvalue weighted by molar-refractivity contribution is -0.145. The molecule has 1 saturated carbocycles. The lowest BCUT2D eigenvalue weighted by atomic mass is 9.91. The van der Waals surface area contributed by atoms with Crippen molar-refractivity contribution in [3.8, 4) is 0 Å². The van der Waals surface area contributed by atoms with Crippen LogP contribution in [0.4, 0.5) is 4.79 Å². The van der Waals surface area contributed by atoms with Crippen molar-refractivity contribution in [1.82, 2.24) is 4.90 Å². The second kappa shape index (κ2) is 13.3. The summed E-state index contributed by atoms with van der Waals surface area (Å²) in [4.78, 5) is 27.3. The monoisotopic (exact) mass is 417 g/mol. The average molecular weight is 418 g/mol. The number of carbonyl (C=O) groups excluding carboxylic acids is 2. The number of benzene rings is 1. The Morgan fingerprint density at radius 1 is 1.07 bits per heavy atom. The fourth-order valence-corrected chi connectivity index (χ4v) is 4.02. The van der Waals surface area contributed by atoms with E-state index in [0.29, 0.717) is 32.1 Å². The van der Waals surface area contributed by atoms with Crippen molar-refractivity contribution in [2.75, 3.05) is 19.8 Å². The third kappa shape index (κ3) is 8.76. The highest BCUT2D eigenvalue weighted by molar-refractivity contribution is 5.70.